The summed E-state index contributed by atoms with van der Waals surface area (Å²) in [5.74, 6) is -0.815. The van der Waals surface area contributed by atoms with Crippen LogP contribution in [-0.4, -0.2) is 27.1 Å². The van der Waals surface area contributed by atoms with Crippen molar-refractivity contribution >= 4 is 12.3 Å². The predicted molar refractivity (Wildman–Crippen MR) is 49.2 cm³/mol. The number of hydrogen-bond donors (Lipinski definition) is 1. The molecule has 0 aliphatic rings. The number of hydrogen-bond acceptors (Lipinski definition) is 3. The lowest BCUT2D eigenvalue weighted by molar-refractivity contribution is -0.137. The van der Waals surface area contributed by atoms with E-state index in [9.17, 15) is 9.59 Å². The van der Waals surface area contributed by atoms with E-state index >= 15 is 0 Å². The lowest BCUT2D eigenvalue weighted by Gasteiger charge is -1.97. The van der Waals surface area contributed by atoms with Crippen LogP contribution in [0.15, 0.2) is 6.20 Å². The number of carbonyl (C=O) groups excluding carboxylic acids is 1. The van der Waals surface area contributed by atoms with Gasteiger partial charge in [0.05, 0.1) is 11.3 Å². The number of aromatic nitrogens is 2. The molecule has 0 radical (unpaired) electrons. The number of carbonyl (C=O) groups is 2. The second-order valence-electron chi connectivity index (χ2n) is 3.05. The van der Waals surface area contributed by atoms with Gasteiger partial charge in [-0.15, -0.1) is 0 Å². The van der Waals surface area contributed by atoms with Gasteiger partial charge in [-0.05, 0) is 13.3 Å². The van der Waals surface area contributed by atoms with E-state index < -0.39 is 5.97 Å². The summed E-state index contributed by atoms with van der Waals surface area (Å²) in [7, 11) is 0. The van der Waals surface area contributed by atoms with Crippen LogP contribution in [0.5, 0.6) is 0 Å². The summed E-state index contributed by atoms with van der Waals surface area (Å²) >= 11 is 0. The van der Waals surface area contributed by atoms with Gasteiger partial charge >= 0.3 is 5.97 Å². The van der Waals surface area contributed by atoms with Gasteiger partial charge in [0.15, 0.2) is 6.29 Å². The minimum absolute atomic E-state index is 0.120. The Bertz CT molecular complexity index is 344. The lowest BCUT2D eigenvalue weighted by atomic mass is 10.3. The Labute approximate surface area is 81.3 Å². The highest BCUT2D eigenvalue weighted by molar-refractivity contribution is 5.75. The number of carboxylic acid groups (broad SMARTS) is 1. The Kier molecular flexibility index (Phi) is 3.39. The van der Waals surface area contributed by atoms with E-state index in [2.05, 4.69) is 5.10 Å². The summed E-state index contributed by atoms with van der Waals surface area (Å²) in [5, 5.41) is 12.5. The van der Waals surface area contributed by atoms with Crippen LogP contribution < -0.4 is 0 Å². The first kappa shape index (κ1) is 10.4. The minimum Gasteiger partial charge on any atom is -0.481 e. The van der Waals surface area contributed by atoms with Crippen LogP contribution in [0.4, 0.5) is 0 Å². The fourth-order valence-corrected chi connectivity index (χ4v) is 1.16. The summed E-state index contributed by atoms with van der Waals surface area (Å²) in [6.07, 6.45) is 3.02. The van der Waals surface area contributed by atoms with E-state index in [1.54, 1.807) is 17.8 Å². The summed E-state index contributed by atoms with van der Waals surface area (Å²) in [4.78, 5) is 20.7. The van der Waals surface area contributed by atoms with Gasteiger partial charge in [0.2, 0.25) is 0 Å². The molecule has 0 aromatic carbocycles. The third kappa shape index (κ3) is 2.69. The maximum atomic E-state index is 10.5. The van der Waals surface area contributed by atoms with E-state index in [1.807, 2.05) is 0 Å². The van der Waals surface area contributed by atoms with Gasteiger partial charge in [-0.2, -0.15) is 5.10 Å². The molecule has 76 valence electrons. The van der Waals surface area contributed by atoms with Crippen LogP contribution in [-0.2, 0) is 11.3 Å². The van der Waals surface area contributed by atoms with Crippen molar-refractivity contribution in [2.75, 3.05) is 0 Å². The molecule has 1 aromatic rings. The summed E-state index contributed by atoms with van der Waals surface area (Å²) < 4.78 is 1.60. The molecule has 0 aliphatic carbocycles. The number of aldehydes is 1. The topological polar surface area (TPSA) is 72.2 Å². The van der Waals surface area contributed by atoms with Crippen LogP contribution in [0.3, 0.4) is 0 Å². The quantitative estimate of drug-likeness (QED) is 0.709. The number of nitrogens with zero attached hydrogens (tertiary/aromatic N) is 2. The molecule has 0 fully saturated rings. The van der Waals surface area contributed by atoms with E-state index in [-0.39, 0.29) is 6.42 Å². The maximum Gasteiger partial charge on any atom is 0.303 e. The first-order valence-corrected chi connectivity index (χ1v) is 4.34. The van der Waals surface area contributed by atoms with Crippen LogP contribution in [0.25, 0.3) is 0 Å². The largest absolute Gasteiger partial charge is 0.481 e. The first-order valence-electron chi connectivity index (χ1n) is 4.34. The number of aliphatic carboxylic acids is 1. The molecule has 5 heteroatoms. The zero-order valence-electron chi connectivity index (χ0n) is 7.93. The molecule has 0 atom stereocenters. The monoisotopic (exact) mass is 196 g/mol. The van der Waals surface area contributed by atoms with Crippen LogP contribution in [0.2, 0.25) is 0 Å². The van der Waals surface area contributed by atoms with Crippen molar-refractivity contribution in [3.8, 4) is 0 Å². The van der Waals surface area contributed by atoms with Crippen molar-refractivity contribution < 1.29 is 14.7 Å². The Morgan fingerprint density at radius 3 is 2.93 bits per heavy atom. The van der Waals surface area contributed by atoms with Crippen molar-refractivity contribution in [2.45, 2.75) is 26.3 Å². The SMILES string of the molecule is Cc1nn(CCCC(=O)O)cc1C=O. The number of rotatable bonds is 5. The predicted octanol–water partition coefficient (Wildman–Crippen LogP) is 0.869. The van der Waals surface area contributed by atoms with Crippen LogP contribution in [0.1, 0.15) is 28.9 Å². The Hall–Kier alpha value is -1.65. The van der Waals surface area contributed by atoms with E-state index in [0.29, 0.717) is 24.2 Å². The zero-order chi connectivity index (χ0) is 10.6. The van der Waals surface area contributed by atoms with Crippen molar-refractivity contribution in [1.82, 2.24) is 9.78 Å². The molecule has 0 saturated heterocycles. The normalized spacial score (nSPS) is 10.1. The van der Waals surface area contributed by atoms with Gasteiger partial charge in [0, 0.05) is 19.2 Å². The van der Waals surface area contributed by atoms with Gasteiger partial charge in [-0.25, -0.2) is 0 Å². The first-order chi connectivity index (χ1) is 6.63. The fraction of sp³-hybridized carbons (Fsp3) is 0.444. The summed E-state index contributed by atoms with van der Waals surface area (Å²) in [5.41, 5.74) is 1.23. The van der Waals surface area contributed by atoms with Gasteiger partial charge < -0.3 is 5.11 Å². The van der Waals surface area contributed by atoms with Crippen LogP contribution in [0, 0.1) is 6.92 Å². The van der Waals surface area contributed by atoms with Crippen molar-refractivity contribution in [3.05, 3.63) is 17.5 Å². The second kappa shape index (κ2) is 4.55. The van der Waals surface area contributed by atoms with Gasteiger partial charge in [0.1, 0.15) is 0 Å². The van der Waals surface area contributed by atoms with Crippen LogP contribution >= 0.6 is 0 Å². The molecule has 1 N–H and O–H groups in total. The highest BCUT2D eigenvalue weighted by atomic mass is 16.4. The van der Waals surface area contributed by atoms with Crippen molar-refractivity contribution in [2.24, 2.45) is 0 Å². The molecular weight excluding hydrogens is 184 g/mol. The number of aryl methyl sites for hydroxylation is 2. The average molecular weight is 196 g/mol. The summed E-state index contributed by atoms with van der Waals surface area (Å²) in [6, 6.07) is 0. The number of carboxylic acids is 1. The molecule has 0 saturated carbocycles. The van der Waals surface area contributed by atoms with Gasteiger partial charge in [-0.3, -0.25) is 14.3 Å². The van der Waals surface area contributed by atoms with Crippen molar-refractivity contribution in [3.63, 3.8) is 0 Å². The standard InChI is InChI=1S/C9H12N2O3/c1-7-8(6-12)5-11(10-7)4-2-3-9(13)14/h5-6H,2-4H2,1H3,(H,13,14). The highest BCUT2D eigenvalue weighted by Gasteiger charge is 2.03. The molecular formula is C9H12N2O3. The maximum absolute atomic E-state index is 10.5. The third-order valence-electron chi connectivity index (χ3n) is 1.89. The lowest BCUT2D eigenvalue weighted by Crippen LogP contribution is -2.02. The molecule has 5 nitrogen and oxygen atoms in total. The van der Waals surface area contributed by atoms with Crippen molar-refractivity contribution in [1.29, 1.82) is 0 Å². The van der Waals surface area contributed by atoms with Gasteiger partial charge in [0.25, 0.3) is 0 Å². The Balaban J connectivity index is 2.51. The fourth-order valence-electron chi connectivity index (χ4n) is 1.16. The Morgan fingerprint density at radius 2 is 2.43 bits per heavy atom. The van der Waals surface area contributed by atoms with Gasteiger partial charge in [-0.1, -0.05) is 0 Å². The zero-order valence-corrected chi connectivity index (χ0v) is 7.93. The molecule has 0 spiro atoms. The molecule has 0 amide bonds. The highest BCUT2D eigenvalue weighted by Crippen LogP contribution is 2.03. The molecule has 0 aliphatic heterocycles. The average Bonchev–Trinajstić information content (AvgIpc) is 2.45. The molecule has 0 unspecified atom stereocenters. The summed E-state index contributed by atoms with van der Waals surface area (Å²) in [6.45, 7) is 2.28. The molecule has 14 heavy (non-hydrogen) atoms. The molecule has 1 heterocycles. The van der Waals surface area contributed by atoms with E-state index in [4.69, 9.17) is 5.11 Å². The minimum atomic E-state index is -0.815. The molecule has 1 rings (SSSR count). The molecule has 1 aromatic heterocycles. The second-order valence-corrected chi connectivity index (χ2v) is 3.05. The van der Waals surface area contributed by atoms with E-state index in [0.717, 1.165) is 6.29 Å². The third-order valence-corrected chi connectivity index (χ3v) is 1.89. The van der Waals surface area contributed by atoms with E-state index in [1.165, 1.54) is 0 Å². The Morgan fingerprint density at radius 1 is 1.71 bits per heavy atom. The molecule has 0 bridgehead atoms. The smallest absolute Gasteiger partial charge is 0.303 e.